The average Bonchev–Trinajstić information content (AvgIpc) is 2.46. The Morgan fingerprint density at radius 2 is 1.95 bits per heavy atom. The zero-order valence-corrected chi connectivity index (χ0v) is 12.8. The molecule has 3 aliphatic rings. The standard InChI is InChI=1S/C16H29N3O/c1-13-11-18(10-8-17-13)12-16(20)19-9-4-6-14-5-2-3-7-15(14)19/h13-15,17H,2-12H2,1H3/t13-,14?,15?/m0/s1. The first-order valence-corrected chi connectivity index (χ1v) is 8.49. The third-order valence-corrected chi connectivity index (χ3v) is 5.38. The number of carbonyl (C=O) groups excluding carboxylic acids is 1. The molecule has 2 saturated heterocycles. The van der Waals surface area contributed by atoms with Crippen LogP contribution in [0.2, 0.25) is 0 Å². The van der Waals surface area contributed by atoms with Crippen molar-refractivity contribution in [3.05, 3.63) is 0 Å². The molecule has 2 heterocycles. The number of amides is 1. The van der Waals surface area contributed by atoms with Crippen LogP contribution < -0.4 is 5.32 Å². The number of hydrogen-bond acceptors (Lipinski definition) is 3. The average molecular weight is 279 g/mol. The highest BCUT2D eigenvalue weighted by molar-refractivity contribution is 5.78. The van der Waals surface area contributed by atoms with Gasteiger partial charge in [0.1, 0.15) is 0 Å². The maximum atomic E-state index is 12.7. The van der Waals surface area contributed by atoms with Gasteiger partial charge in [0.15, 0.2) is 0 Å². The van der Waals surface area contributed by atoms with Gasteiger partial charge in [-0.15, -0.1) is 0 Å². The van der Waals surface area contributed by atoms with E-state index in [0.717, 1.165) is 32.1 Å². The van der Waals surface area contributed by atoms with Crippen molar-refractivity contribution in [2.24, 2.45) is 5.92 Å². The van der Waals surface area contributed by atoms with Crippen molar-refractivity contribution >= 4 is 5.91 Å². The van der Waals surface area contributed by atoms with Crippen molar-refractivity contribution in [2.45, 2.75) is 57.5 Å². The van der Waals surface area contributed by atoms with Crippen LogP contribution in [-0.2, 0) is 4.79 Å². The van der Waals surface area contributed by atoms with E-state index in [4.69, 9.17) is 0 Å². The third-order valence-electron chi connectivity index (χ3n) is 5.38. The Bertz CT molecular complexity index is 345. The van der Waals surface area contributed by atoms with Gasteiger partial charge in [0, 0.05) is 38.3 Å². The summed E-state index contributed by atoms with van der Waals surface area (Å²) >= 11 is 0. The molecule has 2 aliphatic heterocycles. The minimum atomic E-state index is 0.385. The number of likely N-dealkylation sites (tertiary alicyclic amines) is 1. The Labute approximate surface area is 122 Å². The molecule has 3 atom stereocenters. The number of piperidine rings is 1. The fourth-order valence-corrected chi connectivity index (χ4v) is 4.37. The van der Waals surface area contributed by atoms with Crippen LogP contribution in [-0.4, -0.2) is 60.5 Å². The Kier molecular flexibility index (Phi) is 4.61. The topological polar surface area (TPSA) is 35.6 Å². The number of piperazine rings is 1. The summed E-state index contributed by atoms with van der Waals surface area (Å²) in [5.74, 6) is 1.18. The van der Waals surface area contributed by atoms with E-state index in [9.17, 15) is 4.79 Å². The largest absolute Gasteiger partial charge is 0.338 e. The monoisotopic (exact) mass is 279 g/mol. The maximum Gasteiger partial charge on any atom is 0.237 e. The highest BCUT2D eigenvalue weighted by Crippen LogP contribution is 2.35. The van der Waals surface area contributed by atoms with Gasteiger partial charge in [-0.1, -0.05) is 12.8 Å². The lowest BCUT2D eigenvalue weighted by atomic mass is 9.78. The molecule has 114 valence electrons. The fraction of sp³-hybridized carbons (Fsp3) is 0.938. The summed E-state index contributed by atoms with van der Waals surface area (Å²) in [7, 11) is 0. The summed E-state index contributed by atoms with van der Waals surface area (Å²) in [4.78, 5) is 17.3. The summed E-state index contributed by atoms with van der Waals surface area (Å²) in [5.41, 5.74) is 0. The SMILES string of the molecule is C[C@H]1CN(CC(=O)N2CCCC3CCCCC32)CCN1. The van der Waals surface area contributed by atoms with Crippen molar-refractivity contribution in [3.8, 4) is 0 Å². The highest BCUT2D eigenvalue weighted by Gasteiger charge is 2.36. The first kappa shape index (κ1) is 14.3. The molecule has 1 N–H and O–H groups in total. The van der Waals surface area contributed by atoms with Gasteiger partial charge in [-0.05, 0) is 38.5 Å². The van der Waals surface area contributed by atoms with Crippen LogP contribution in [0.25, 0.3) is 0 Å². The Hall–Kier alpha value is -0.610. The third kappa shape index (κ3) is 3.17. The van der Waals surface area contributed by atoms with E-state index in [1.807, 2.05) is 0 Å². The zero-order valence-electron chi connectivity index (χ0n) is 12.8. The van der Waals surface area contributed by atoms with Crippen molar-refractivity contribution in [3.63, 3.8) is 0 Å². The molecule has 1 aliphatic carbocycles. The molecule has 0 radical (unpaired) electrons. The first-order chi connectivity index (χ1) is 9.74. The second-order valence-corrected chi connectivity index (χ2v) is 6.93. The molecule has 4 heteroatoms. The predicted molar refractivity (Wildman–Crippen MR) is 80.6 cm³/mol. The van der Waals surface area contributed by atoms with E-state index in [1.54, 1.807) is 0 Å². The van der Waals surface area contributed by atoms with Gasteiger partial charge in [0.25, 0.3) is 0 Å². The van der Waals surface area contributed by atoms with Gasteiger partial charge >= 0.3 is 0 Å². The van der Waals surface area contributed by atoms with Crippen molar-refractivity contribution < 1.29 is 4.79 Å². The van der Waals surface area contributed by atoms with Gasteiger partial charge in [-0.3, -0.25) is 9.69 Å². The molecule has 0 spiro atoms. The molecular weight excluding hydrogens is 250 g/mol. The summed E-state index contributed by atoms with van der Waals surface area (Å²) in [5, 5.41) is 3.44. The van der Waals surface area contributed by atoms with Crippen molar-refractivity contribution in [1.29, 1.82) is 0 Å². The second-order valence-electron chi connectivity index (χ2n) is 6.93. The molecular formula is C16H29N3O. The number of hydrogen-bond donors (Lipinski definition) is 1. The number of nitrogens with zero attached hydrogens (tertiary/aromatic N) is 2. The highest BCUT2D eigenvalue weighted by atomic mass is 16.2. The number of carbonyl (C=O) groups is 1. The molecule has 3 rings (SSSR count). The van der Waals surface area contributed by atoms with Gasteiger partial charge in [0.2, 0.25) is 5.91 Å². The molecule has 3 fully saturated rings. The van der Waals surface area contributed by atoms with Gasteiger partial charge in [0.05, 0.1) is 6.54 Å². The van der Waals surface area contributed by atoms with Gasteiger partial charge in [-0.25, -0.2) is 0 Å². The van der Waals surface area contributed by atoms with E-state index in [0.29, 0.717) is 24.5 Å². The van der Waals surface area contributed by atoms with E-state index in [1.165, 1.54) is 38.5 Å². The Balaban J connectivity index is 1.57. The Morgan fingerprint density at radius 3 is 2.80 bits per heavy atom. The number of fused-ring (bicyclic) bond motifs is 1. The lowest BCUT2D eigenvalue weighted by Gasteiger charge is -2.45. The molecule has 20 heavy (non-hydrogen) atoms. The quantitative estimate of drug-likeness (QED) is 0.831. The van der Waals surface area contributed by atoms with Crippen LogP contribution in [0.5, 0.6) is 0 Å². The molecule has 0 aromatic heterocycles. The lowest BCUT2D eigenvalue weighted by Crippen LogP contribution is -2.55. The smallest absolute Gasteiger partial charge is 0.237 e. The molecule has 0 aromatic carbocycles. The van der Waals surface area contributed by atoms with E-state index in [-0.39, 0.29) is 0 Å². The van der Waals surface area contributed by atoms with Crippen LogP contribution in [0.15, 0.2) is 0 Å². The Morgan fingerprint density at radius 1 is 1.15 bits per heavy atom. The van der Waals surface area contributed by atoms with Crippen molar-refractivity contribution in [2.75, 3.05) is 32.7 Å². The van der Waals surface area contributed by atoms with E-state index in [2.05, 4.69) is 22.0 Å². The summed E-state index contributed by atoms with van der Waals surface area (Å²) in [6, 6.07) is 1.07. The van der Waals surface area contributed by atoms with Crippen LogP contribution >= 0.6 is 0 Å². The summed E-state index contributed by atoms with van der Waals surface area (Å²) in [6.07, 6.45) is 7.84. The summed E-state index contributed by atoms with van der Waals surface area (Å²) in [6.45, 7) is 6.87. The predicted octanol–water partition coefficient (Wildman–Crippen LogP) is 1.46. The molecule has 0 bridgehead atoms. The van der Waals surface area contributed by atoms with Crippen LogP contribution in [0.4, 0.5) is 0 Å². The van der Waals surface area contributed by atoms with Crippen molar-refractivity contribution in [1.82, 2.24) is 15.1 Å². The van der Waals surface area contributed by atoms with Crippen LogP contribution in [0.3, 0.4) is 0 Å². The van der Waals surface area contributed by atoms with E-state index >= 15 is 0 Å². The minimum absolute atomic E-state index is 0.385. The molecule has 2 unspecified atom stereocenters. The number of rotatable bonds is 2. The first-order valence-electron chi connectivity index (χ1n) is 8.49. The zero-order chi connectivity index (χ0) is 13.9. The minimum Gasteiger partial charge on any atom is -0.338 e. The lowest BCUT2D eigenvalue weighted by molar-refractivity contribution is -0.139. The van der Waals surface area contributed by atoms with Gasteiger partial charge < -0.3 is 10.2 Å². The second kappa shape index (κ2) is 6.44. The van der Waals surface area contributed by atoms with E-state index < -0.39 is 0 Å². The number of nitrogens with one attached hydrogen (secondary N) is 1. The molecule has 1 amide bonds. The summed E-state index contributed by atoms with van der Waals surface area (Å²) < 4.78 is 0. The molecule has 4 nitrogen and oxygen atoms in total. The normalized spacial score (nSPS) is 35.6. The molecule has 0 aromatic rings. The fourth-order valence-electron chi connectivity index (χ4n) is 4.37. The van der Waals surface area contributed by atoms with Crippen LogP contribution in [0, 0.1) is 5.92 Å². The van der Waals surface area contributed by atoms with Gasteiger partial charge in [-0.2, -0.15) is 0 Å². The van der Waals surface area contributed by atoms with Crippen LogP contribution in [0.1, 0.15) is 45.4 Å². The molecule has 1 saturated carbocycles. The maximum absolute atomic E-state index is 12.7.